The SMILES string of the molecule is CSCCC(NC(=O)C(CCC(=O)O)NC(=O)C(N)CCC(=O)O)C(=O)NC(CCCCN)C(=O)O. The zero-order valence-electron chi connectivity index (χ0n) is 20.2. The first-order valence-electron chi connectivity index (χ1n) is 11.4. The zero-order chi connectivity index (χ0) is 27.7. The van der Waals surface area contributed by atoms with Crippen LogP contribution in [0.5, 0.6) is 0 Å². The van der Waals surface area contributed by atoms with Crippen LogP contribution in [0.15, 0.2) is 0 Å². The summed E-state index contributed by atoms with van der Waals surface area (Å²) in [5, 5.41) is 34.3. The third-order valence-corrected chi connectivity index (χ3v) is 5.73. The predicted molar refractivity (Wildman–Crippen MR) is 131 cm³/mol. The van der Waals surface area contributed by atoms with Gasteiger partial charge in [0.15, 0.2) is 0 Å². The number of amides is 3. The lowest BCUT2D eigenvalue weighted by atomic mass is 10.1. The molecule has 3 amide bonds. The number of hydrogen-bond acceptors (Lipinski definition) is 9. The first-order valence-corrected chi connectivity index (χ1v) is 12.8. The van der Waals surface area contributed by atoms with Crippen LogP contribution in [0.2, 0.25) is 0 Å². The van der Waals surface area contributed by atoms with Crippen LogP contribution < -0.4 is 27.4 Å². The lowest BCUT2D eigenvalue weighted by molar-refractivity contribution is -0.142. The van der Waals surface area contributed by atoms with Crippen LogP contribution in [0.25, 0.3) is 0 Å². The maximum atomic E-state index is 12.9. The van der Waals surface area contributed by atoms with E-state index in [1.54, 1.807) is 6.26 Å². The van der Waals surface area contributed by atoms with Crippen LogP contribution in [0.3, 0.4) is 0 Å². The number of carbonyl (C=O) groups is 6. The van der Waals surface area contributed by atoms with Gasteiger partial charge in [0.25, 0.3) is 0 Å². The Labute approximate surface area is 213 Å². The van der Waals surface area contributed by atoms with E-state index in [4.69, 9.17) is 21.7 Å². The minimum absolute atomic E-state index is 0.144. The van der Waals surface area contributed by atoms with E-state index in [2.05, 4.69) is 16.0 Å². The van der Waals surface area contributed by atoms with Crippen molar-refractivity contribution in [1.82, 2.24) is 16.0 Å². The van der Waals surface area contributed by atoms with Crippen LogP contribution in [0, 0.1) is 0 Å². The predicted octanol–water partition coefficient (Wildman–Crippen LogP) is -1.54. The van der Waals surface area contributed by atoms with Crippen molar-refractivity contribution in [2.75, 3.05) is 18.6 Å². The first kappa shape index (κ1) is 33.1. The van der Waals surface area contributed by atoms with E-state index in [9.17, 15) is 33.9 Å². The molecule has 0 aromatic rings. The molecule has 0 aromatic heterocycles. The number of thioether (sulfide) groups is 1. The molecule has 0 fully saturated rings. The van der Waals surface area contributed by atoms with Crippen molar-refractivity contribution in [3.05, 3.63) is 0 Å². The van der Waals surface area contributed by atoms with Crippen molar-refractivity contribution in [3.8, 4) is 0 Å². The van der Waals surface area contributed by atoms with Gasteiger partial charge in [0.05, 0.1) is 6.04 Å². The van der Waals surface area contributed by atoms with Crippen molar-refractivity contribution in [2.45, 2.75) is 75.5 Å². The maximum absolute atomic E-state index is 12.9. The molecule has 0 spiro atoms. The summed E-state index contributed by atoms with van der Waals surface area (Å²) >= 11 is 1.39. The molecule has 206 valence electrons. The highest BCUT2D eigenvalue weighted by molar-refractivity contribution is 7.98. The van der Waals surface area contributed by atoms with E-state index in [1.165, 1.54) is 11.8 Å². The van der Waals surface area contributed by atoms with Crippen LogP contribution in [0.1, 0.15) is 51.4 Å². The second-order valence-corrected chi connectivity index (χ2v) is 9.04. The molecule has 4 unspecified atom stereocenters. The summed E-state index contributed by atoms with van der Waals surface area (Å²) in [6.07, 6.45) is 1.74. The molecular formula is C21H37N5O9S. The fraction of sp³-hybridized carbons (Fsp3) is 0.714. The van der Waals surface area contributed by atoms with Gasteiger partial charge in [0, 0.05) is 12.8 Å². The van der Waals surface area contributed by atoms with Gasteiger partial charge in [-0.05, 0) is 57.1 Å². The molecule has 0 rings (SSSR count). The Hall–Kier alpha value is -2.91. The van der Waals surface area contributed by atoms with Gasteiger partial charge >= 0.3 is 17.9 Å². The molecule has 0 aliphatic heterocycles. The van der Waals surface area contributed by atoms with E-state index in [-0.39, 0.29) is 32.1 Å². The molecule has 0 aromatic carbocycles. The topological polar surface area (TPSA) is 251 Å². The Bertz CT molecular complexity index is 768. The number of unbranched alkanes of at least 4 members (excludes halogenated alkanes) is 1. The van der Waals surface area contributed by atoms with Gasteiger partial charge in [-0.25, -0.2) is 4.79 Å². The largest absolute Gasteiger partial charge is 0.481 e. The summed E-state index contributed by atoms with van der Waals surface area (Å²) in [4.78, 5) is 71.3. The second-order valence-electron chi connectivity index (χ2n) is 8.06. The summed E-state index contributed by atoms with van der Waals surface area (Å²) in [6.45, 7) is 0.371. The molecule has 14 nitrogen and oxygen atoms in total. The third-order valence-electron chi connectivity index (χ3n) is 5.09. The molecule has 0 bridgehead atoms. The quantitative estimate of drug-likeness (QED) is 0.0826. The Kier molecular flexibility index (Phi) is 16.9. The Balaban J connectivity index is 5.47. The van der Waals surface area contributed by atoms with Gasteiger partial charge in [-0.2, -0.15) is 11.8 Å². The number of hydrogen-bond donors (Lipinski definition) is 8. The molecule has 0 saturated carbocycles. The van der Waals surface area contributed by atoms with Crippen molar-refractivity contribution in [1.29, 1.82) is 0 Å². The summed E-state index contributed by atoms with van der Waals surface area (Å²) in [5.74, 6) is -5.63. The van der Waals surface area contributed by atoms with Gasteiger partial charge < -0.3 is 42.7 Å². The minimum Gasteiger partial charge on any atom is -0.481 e. The molecule has 0 radical (unpaired) electrons. The number of nitrogens with two attached hydrogens (primary N) is 2. The van der Waals surface area contributed by atoms with Crippen molar-refractivity contribution >= 4 is 47.4 Å². The Morgan fingerprint density at radius 2 is 1.22 bits per heavy atom. The zero-order valence-corrected chi connectivity index (χ0v) is 21.1. The average molecular weight is 536 g/mol. The number of nitrogens with one attached hydrogen (secondary N) is 3. The van der Waals surface area contributed by atoms with Crippen LogP contribution >= 0.6 is 11.8 Å². The highest BCUT2D eigenvalue weighted by Gasteiger charge is 2.30. The first-order chi connectivity index (χ1) is 16.9. The summed E-state index contributed by atoms with van der Waals surface area (Å²) < 4.78 is 0. The Morgan fingerprint density at radius 3 is 1.72 bits per heavy atom. The highest BCUT2D eigenvalue weighted by Crippen LogP contribution is 2.07. The van der Waals surface area contributed by atoms with Crippen molar-refractivity contribution in [3.63, 3.8) is 0 Å². The third kappa shape index (κ3) is 14.5. The monoisotopic (exact) mass is 535 g/mol. The normalized spacial score (nSPS) is 14.1. The van der Waals surface area contributed by atoms with E-state index < -0.39 is 66.2 Å². The average Bonchev–Trinajstić information content (AvgIpc) is 2.81. The number of carboxylic acids is 3. The highest BCUT2D eigenvalue weighted by atomic mass is 32.2. The molecule has 10 N–H and O–H groups in total. The molecule has 0 aliphatic carbocycles. The van der Waals surface area contributed by atoms with Gasteiger partial charge in [-0.1, -0.05) is 0 Å². The van der Waals surface area contributed by atoms with Crippen LogP contribution in [0.4, 0.5) is 0 Å². The number of rotatable bonds is 20. The van der Waals surface area contributed by atoms with Crippen LogP contribution in [-0.4, -0.2) is 93.7 Å². The second kappa shape index (κ2) is 18.4. The van der Waals surface area contributed by atoms with Gasteiger partial charge in [-0.3, -0.25) is 24.0 Å². The maximum Gasteiger partial charge on any atom is 0.326 e. The van der Waals surface area contributed by atoms with Crippen LogP contribution in [-0.2, 0) is 28.8 Å². The van der Waals surface area contributed by atoms with Gasteiger partial charge in [-0.15, -0.1) is 0 Å². The molecule has 0 saturated heterocycles. The summed E-state index contributed by atoms with van der Waals surface area (Å²) in [7, 11) is 0. The lowest BCUT2D eigenvalue weighted by Gasteiger charge is -2.25. The lowest BCUT2D eigenvalue weighted by Crippen LogP contribution is -2.57. The Morgan fingerprint density at radius 1 is 0.722 bits per heavy atom. The number of carboxylic acid groups (broad SMARTS) is 3. The summed E-state index contributed by atoms with van der Waals surface area (Å²) in [5.41, 5.74) is 11.1. The molecule has 15 heteroatoms. The van der Waals surface area contributed by atoms with Crippen molar-refractivity contribution < 1.29 is 44.1 Å². The minimum atomic E-state index is -1.37. The molecule has 36 heavy (non-hydrogen) atoms. The van der Waals surface area contributed by atoms with Gasteiger partial charge in [0.2, 0.25) is 17.7 Å². The number of carbonyl (C=O) groups excluding carboxylic acids is 3. The molecule has 0 heterocycles. The van der Waals surface area contributed by atoms with E-state index >= 15 is 0 Å². The van der Waals surface area contributed by atoms with E-state index in [0.29, 0.717) is 25.1 Å². The van der Waals surface area contributed by atoms with Gasteiger partial charge in [0.1, 0.15) is 18.1 Å². The molecule has 0 aliphatic rings. The van der Waals surface area contributed by atoms with E-state index in [0.717, 1.165) is 0 Å². The fourth-order valence-corrected chi connectivity index (χ4v) is 3.50. The summed E-state index contributed by atoms with van der Waals surface area (Å²) in [6, 6.07) is -4.95. The standard InChI is InChI=1S/C21H37N5O9S/c1-36-11-9-14(20(33)26-15(21(34)35)4-2-3-10-22)25-19(32)13(6-8-17(29)30)24-18(31)12(23)5-7-16(27)28/h12-15H,2-11,22-23H2,1H3,(H,24,31)(H,25,32)(H,26,33)(H,27,28)(H,29,30)(H,34,35). The molecule has 4 atom stereocenters. The van der Waals surface area contributed by atoms with E-state index in [1.807, 2.05) is 0 Å². The van der Waals surface area contributed by atoms with Crippen molar-refractivity contribution in [2.24, 2.45) is 11.5 Å². The smallest absolute Gasteiger partial charge is 0.326 e. The number of aliphatic carboxylic acids is 3. The molecular weight excluding hydrogens is 498 g/mol. The fourth-order valence-electron chi connectivity index (χ4n) is 3.02.